The van der Waals surface area contributed by atoms with Crippen molar-refractivity contribution >= 4 is 46.6 Å². The van der Waals surface area contributed by atoms with Crippen LogP contribution in [0.25, 0.3) is 0 Å². The van der Waals surface area contributed by atoms with E-state index in [9.17, 15) is 14.4 Å². The minimum Gasteiger partial charge on any atom is -0.359 e. The predicted octanol–water partition coefficient (Wildman–Crippen LogP) is 4.65. The summed E-state index contributed by atoms with van der Waals surface area (Å²) < 4.78 is 6.48. The van der Waals surface area contributed by atoms with Crippen LogP contribution in [0.15, 0.2) is 30.4 Å². The molecule has 5 aliphatic rings. The largest absolute Gasteiger partial charge is 0.359 e. The number of piperidine rings is 1. The number of rotatable bonds is 8. The van der Waals surface area contributed by atoms with Crippen LogP contribution in [0.5, 0.6) is 0 Å². The highest BCUT2D eigenvalue weighted by atomic mass is 35.5. The molecule has 2 bridgehead atoms. The van der Waals surface area contributed by atoms with Crippen molar-refractivity contribution in [2.45, 2.75) is 82.1 Å². The summed E-state index contributed by atoms with van der Waals surface area (Å²) in [6, 6.07) is 4.19. The van der Waals surface area contributed by atoms with Gasteiger partial charge in [-0.1, -0.05) is 61.5 Å². The van der Waals surface area contributed by atoms with Gasteiger partial charge in [0.1, 0.15) is 11.6 Å². The molecule has 4 fully saturated rings. The molecule has 222 valence electrons. The number of anilines is 1. The maximum atomic E-state index is 14.2. The standard InChI is InChI=1S/C31H40Cl2N4O4/c1-19-7-5-14-36(18-19)15-6-16-37-27(29(39)34-20-8-3-2-4-9-20)31-13-12-24(41-31)25(26(31)30(37)40)28(38)35-21-10-11-22(32)23(33)17-21/h10-13,17,19-20,24-27H,2-9,14-16,18H2,1H3,(H,34,39)(H,35,38). The summed E-state index contributed by atoms with van der Waals surface area (Å²) in [5, 5.41) is 6.89. The first-order valence-corrected chi connectivity index (χ1v) is 16.0. The number of benzene rings is 1. The fourth-order valence-electron chi connectivity index (χ4n) is 7.79. The molecule has 1 aromatic carbocycles. The zero-order chi connectivity index (χ0) is 28.7. The van der Waals surface area contributed by atoms with E-state index in [4.69, 9.17) is 27.9 Å². The first kappa shape index (κ1) is 29.0. The van der Waals surface area contributed by atoms with Crippen LogP contribution in [-0.2, 0) is 19.1 Å². The third-order valence-electron chi connectivity index (χ3n) is 9.68. The van der Waals surface area contributed by atoms with E-state index in [1.807, 2.05) is 12.2 Å². The molecule has 4 heterocycles. The van der Waals surface area contributed by atoms with Gasteiger partial charge in [0, 0.05) is 24.8 Å². The average Bonchev–Trinajstić information content (AvgIpc) is 3.59. The lowest BCUT2D eigenvalue weighted by molar-refractivity contribution is -0.141. The fourth-order valence-corrected chi connectivity index (χ4v) is 8.09. The van der Waals surface area contributed by atoms with Gasteiger partial charge in [0.05, 0.1) is 28.0 Å². The summed E-state index contributed by atoms with van der Waals surface area (Å²) in [7, 11) is 0. The molecule has 10 heteroatoms. The number of hydrogen-bond donors (Lipinski definition) is 2. The van der Waals surface area contributed by atoms with Gasteiger partial charge in [-0.15, -0.1) is 0 Å². The van der Waals surface area contributed by atoms with E-state index in [-0.39, 0.29) is 23.8 Å². The molecular formula is C31H40Cl2N4O4. The first-order valence-electron chi connectivity index (χ1n) is 15.2. The zero-order valence-electron chi connectivity index (χ0n) is 23.6. The molecule has 8 nitrogen and oxygen atoms in total. The number of likely N-dealkylation sites (tertiary alicyclic amines) is 2. The summed E-state index contributed by atoms with van der Waals surface area (Å²) in [6.07, 6.45) is 11.6. The number of ether oxygens (including phenoxy) is 1. The Morgan fingerprint density at radius 3 is 2.61 bits per heavy atom. The Balaban J connectivity index is 1.23. The normalized spacial score (nSPS) is 33.3. The number of amides is 3. The minimum atomic E-state index is -1.15. The van der Waals surface area contributed by atoms with Gasteiger partial charge in [0.2, 0.25) is 17.7 Å². The molecule has 1 spiro atoms. The molecule has 6 atom stereocenters. The van der Waals surface area contributed by atoms with Gasteiger partial charge in [-0.05, 0) is 69.3 Å². The Morgan fingerprint density at radius 2 is 1.85 bits per heavy atom. The van der Waals surface area contributed by atoms with Gasteiger partial charge >= 0.3 is 0 Å². The lowest BCUT2D eigenvalue weighted by Crippen LogP contribution is -2.56. The van der Waals surface area contributed by atoms with E-state index >= 15 is 0 Å². The summed E-state index contributed by atoms with van der Waals surface area (Å²) in [6.45, 7) is 5.75. The topological polar surface area (TPSA) is 91.0 Å². The first-order chi connectivity index (χ1) is 19.8. The van der Waals surface area contributed by atoms with E-state index in [1.165, 1.54) is 19.3 Å². The lowest BCUT2D eigenvalue weighted by atomic mass is 9.74. The molecular weight excluding hydrogens is 563 g/mol. The van der Waals surface area contributed by atoms with Gasteiger partial charge in [0.25, 0.3) is 0 Å². The minimum absolute atomic E-state index is 0.106. The molecule has 2 N–H and O–H groups in total. The second-order valence-corrected chi connectivity index (χ2v) is 13.4. The number of carbonyl (C=O) groups is 3. The molecule has 0 radical (unpaired) electrons. The molecule has 3 saturated heterocycles. The van der Waals surface area contributed by atoms with Crippen LogP contribution in [0.2, 0.25) is 10.0 Å². The Labute approximate surface area is 252 Å². The summed E-state index contributed by atoms with van der Waals surface area (Å²) in [5.74, 6) is -1.52. The molecule has 1 saturated carbocycles. The third kappa shape index (κ3) is 5.53. The van der Waals surface area contributed by atoms with Crippen molar-refractivity contribution in [3.05, 3.63) is 40.4 Å². The van der Waals surface area contributed by atoms with E-state index in [2.05, 4.69) is 22.5 Å². The second-order valence-electron chi connectivity index (χ2n) is 12.6. The number of halogens is 2. The highest BCUT2D eigenvalue weighted by Gasteiger charge is 2.72. The van der Waals surface area contributed by atoms with Crippen molar-refractivity contribution in [2.75, 3.05) is 31.5 Å². The fraction of sp³-hybridized carbons (Fsp3) is 0.645. The monoisotopic (exact) mass is 602 g/mol. The molecule has 41 heavy (non-hydrogen) atoms. The molecule has 0 aromatic heterocycles. The van der Waals surface area contributed by atoms with Gasteiger partial charge in [-0.2, -0.15) is 0 Å². The predicted molar refractivity (Wildman–Crippen MR) is 159 cm³/mol. The maximum Gasteiger partial charge on any atom is 0.246 e. The van der Waals surface area contributed by atoms with Crippen LogP contribution < -0.4 is 10.6 Å². The molecule has 3 amide bonds. The van der Waals surface area contributed by atoms with E-state index in [0.717, 1.165) is 51.7 Å². The molecule has 4 aliphatic heterocycles. The Morgan fingerprint density at radius 1 is 1.05 bits per heavy atom. The van der Waals surface area contributed by atoms with Crippen LogP contribution in [-0.4, -0.2) is 77.5 Å². The van der Waals surface area contributed by atoms with E-state index in [1.54, 1.807) is 23.1 Å². The highest BCUT2D eigenvalue weighted by molar-refractivity contribution is 6.42. The molecule has 1 aliphatic carbocycles. The van der Waals surface area contributed by atoms with Crippen molar-refractivity contribution < 1.29 is 19.1 Å². The average molecular weight is 604 g/mol. The summed E-state index contributed by atoms with van der Waals surface area (Å²) in [5.41, 5.74) is -0.658. The summed E-state index contributed by atoms with van der Waals surface area (Å²) in [4.78, 5) is 46.0. The van der Waals surface area contributed by atoms with Crippen molar-refractivity contribution in [3.8, 4) is 0 Å². The quantitative estimate of drug-likeness (QED) is 0.423. The van der Waals surface area contributed by atoms with Gasteiger partial charge in [-0.3, -0.25) is 14.4 Å². The zero-order valence-corrected chi connectivity index (χ0v) is 25.1. The maximum absolute atomic E-state index is 14.2. The van der Waals surface area contributed by atoms with E-state index in [0.29, 0.717) is 28.2 Å². The lowest BCUT2D eigenvalue weighted by Gasteiger charge is -2.35. The SMILES string of the molecule is CC1CCCN(CCCN2C(=O)C3C(C(=O)Nc4ccc(Cl)c(Cl)c4)C4C=CC3(O4)C2C(=O)NC2CCCCC2)C1. The number of carbonyl (C=O) groups excluding carboxylic acids is 3. The van der Waals surface area contributed by atoms with Crippen LogP contribution in [0.4, 0.5) is 5.69 Å². The number of fused-ring (bicyclic) bond motifs is 1. The second kappa shape index (κ2) is 11.9. The third-order valence-corrected chi connectivity index (χ3v) is 10.4. The van der Waals surface area contributed by atoms with Crippen LogP contribution in [0, 0.1) is 17.8 Å². The van der Waals surface area contributed by atoms with Gasteiger partial charge in [0.15, 0.2) is 0 Å². The Kier molecular flexibility index (Phi) is 8.38. The van der Waals surface area contributed by atoms with Crippen LogP contribution in [0.3, 0.4) is 0 Å². The molecule has 6 unspecified atom stereocenters. The summed E-state index contributed by atoms with van der Waals surface area (Å²) >= 11 is 12.2. The van der Waals surface area contributed by atoms with Crippen molar-refractivity contribution in [1.29, 1.82) is 0 Å². The Hall–Kier alpha value is -2.13. The number of nitrogens with one attached hydrogen (secondary N) is 2. The Bertz CT molecular complexity index is 1220. The molecule has 1 aromatic rings. The number of nitrogens with zero attached hydrogens (tertiary/aromatic N) is 2. The van der Waals surface area contributed by atoms with E-state index < -0.39 is 29.6 Å². The highest BCUT2D eigenvalue weighted by Crippen LogP contribution is 2.55. The molecule has 6 rings (SSSR count). The smallest absolute Gasteiger partial charge is 0.246 e. The van der Waals surface area contributed by atoms with Gasteiger partial charge < -0.3 is 25.2 Å². The van der Waals surface area contributed by atoms with Crippen molar-refractivity contribution in [1.82, 2.24) is 15.1 Å². The van der Waals surface area contributed by atoms with Crippen LogP contribution in [0.1, 0.15) is 58.3 Å². The van der Waals surface area contributed by atoms with Crippen LogP contribution >= 0.6 is 23.2 Å². The van der Waals surface area contributed by atoms with Crippen molar-refractivity contribution in [3.63, 3.8) is 0 Å². The van der Waals surface area contributed by atoms with Crippen molar-refractivity contribution in [2.24, 2.45) is 17.8 Å². The van der Waals surface area contributed by atoms with Gasteiger partial charge in [-0.25, -0.2) is 0 Å². The number of hydrogen-bond acceptors (Lipinski definition) is 5.